The number of Topliss-reactive ketones (excluding diaryl/α,β-unsaturated/α-hetero) is 1. The quantitative estimate of drug-likeness (QED) is 0.734. The normalized spacial score (nSPS) is 12.3. The van der Waals surface area contributed by atoms with Crippen LogP contribution in [0.3, 0.4) is 0 Å². The molecule has 1 aromatic carbocycles. The third-order valence-electron chi connectivity index (χ3n) is 3.07. The molecule has 2 rings (SSSR count). The molecular weight excluding hydrogens is 256 g/mol. The maximum absolute atomic E-state index is 12.3. The zero-order valence-electron chi connectivity index (χ0n) is 11.3. The summed E-state index contributed by atoms with van der Waals surface area (Å²) in [5.74, 6) is 1.82. The lowest BCUT2D eigenvalue weighted by atomic mass is 10.1. The molecule has 0 saturated carbocycles. The van der Waals surface area contributed by atoms with E-state index in [2.05, 4.69) is 6.92 Å². The number of benzene rings is 1. The Morgan fingerprint density at radius 2 is 2.00 bits per heavy atom. The van der Waals surface area contributed by atoms with E-state index in [1.165, 1.54) is 5.56 Å². The molecule has 0 N–H and O–H groups in total. The largest absolute Gasteiger partial charge is 0.468 e. The molecule has 0 bridgehead atoms. The maximum Gasteiger partial charge on any atom is 0.175 e. The number of hydrogen-bond acceptors (Lipinski definition) is 3. The molecule has 1 aromatic heterocycles. The van der Waals surface area contributed by atoms with E-state index < -0.39 is 0 Å². The van der Waals surface area contributed by atoms with Gasteiger partial charge in [0.05, 0.1) is 17.3 Å². The Hall–Kier alpha value is -1.48. The van der Waals surface area contributed by atoms with Gasteiger partial charge in [-0.1, -0.05) is 31.2 Å². The molecule has 0 spiro atoms. The fraction of sp³-hybridized carbons (Fsp3) is 0.312. The molecular formula is C16H18O2S. The predicted molar refractivity (Wildman–Crippen MR) is 79.6 cm³/mol. The van der Waals surface area contributed by atoms with Gasteiger partial charge in [0.15, 0.2) is 5.78 Å². The molecule has 0 aliphatic rings. The van der Waals surface area contributed by atoms with Crippen molar-refractivity contribution in [2.75, 3.05) is 0 Å². The minimum absolute atomic E-state index is 0.0578. The van der Waals surface area contributed by atoms with Crippen LogP contribution in [0.5, 0.6) is 0 Å². The minimum Gasteiger partial charge on any atom is -0.468 e. The highest BCUT2D eigenvalue weighted by atomic mass is 32.2. The Kier molecular flexibility index (Phi) is 4.86. The average Bonchev–Trinajstić information content (AvgIpc) is 2.97. The number of furan rings is 1. The van der Waals surface area contributed by atoms with Gasteiger partial charge in [-0.05, 0) is 31.0 Å². The summed E-state index contributed by atoms with van der Waals surface area (Å²) in [6.45, 7) is 4.06. The van der Waals surface area contributed by atoms with Gasteiger partial charge in [-0.25, -0.2) is 0 Å². The van der Waals surface area contributed by atoms with E-state index in [1.54, 1.807) is 18.0 Å². The lowest BCUT2D eigenvalue weighted by molar-refractivity contribution is 0.0994. The van der Waals surface area contributed by atoms with Crippen molar-refractivity contribution in [2.45, 2.75) is 31.3 Å². The Morgan fingerprint density at radius 3 is 2.58 bits per heavy atom. The van der Waals surface area contributed by atoms with E-state index in [0.29, 0.717) is 0 Å². The molecule has 0 saturated heterocycles. The van der Waals surface area contributed by atoms with Gasteiger partial charge in [-0.2, -0.15) is 0 Å². The summed E-state index contributed by atoms with van der Waals surface area (Å²) in [5, 5.41) is -0.0578. The molecule has 100 valence electrons. The lowest BCUT2D eigenvalue weighted by Gasteiger charge is -2.09. The first-order chi connectivity index (χ1) is 9.20. The minimum atomic E-state index is -0.0578. The van der Waals surface area contributed by atoms with E-state index in [1.807, 2.05) is 43.3 Å². The van der Waals surface area contributed by atoms with Gasteiger partial charge in [0.25, 0.3) is 0 Å². The topological polar surface area (TPSA) is 30.2 Å². The molecule has 0 aliphatic heterocycles. The first kappa shape index (κ1) is 13.9. The van der Waals surface area contributed by atoms with Crippen molar-refractivity contribution in [1.82, 2.24) is 0 Å². The number of aryl methyl sites for hydroxylation is 1. The van der Waals surface area contributed by atoms with Gasteiger partial charge in [-0.3, -0.25) is 4.79 Å². The maximum atomic E-state index is 12.3. The van der Waals surface area contributed by atoms with Crippen LogP contribution in [0.15, 0.2) is 47.1 Å². The number of rotatable bonds is 6. The Labute approximate surface area is 118 Å². The third kappa shape index (κ3) is 3.74. The number of hydrogen-bond donors (Lipinski definition) is 0. The van der Waals surface area contributed by atoms with E-state index in [0.717, 1.165) is 23.5 Å². The summed E-state index contributed by atoms with van der Waals surface area (Å²) in [6.07, 6.45) is 2.66. The zero-order chi connectivity index (χ0) is 13.7. The van der Waals surface area contributed by atoms with Crippen molar-refractivity contribution in [1.29, 1.82) is 0 Å². The highest BCUT2D eigenvalue weighted by molar-refractivity contribution is 7.99. The molecule has 1 unspecified atom stereocenters. The van der Waals surface area contributed by atoms with Gasteiger partial charge < -0.3 is 4.42 Å². The third-order valence-corrected chi connectivity index (χ3v) is 4.24. The van der Waals surface area contributed by atoms with Gasteiger partial charge in [0, 0.05) is 5.56 Å². The zero-order valence-corrected chi connectivity index (χ0v) is 12.1. The van der Waals surface area contributed by atoms with Crippen LogP contribution in [0.25, 0.3) is 0 Å². The summed E-state index contributed by atoms with van der Waals surface area (Å²) in [5.41, 5.74) is 2.05. The Bertz CT molecular complexity index is 514. The van der Waals surface area contributed by atoms with Crippen LogP contribution in [0, 0.1) is 0 Å². The molecule has 19 heavy (non-hydrogen) atoms. The molecule has 0 aliphatic carbocycles. The Morgan fingerprint density at radius 1 is 1.26 bits per heavy atom. The summed E-state index contributed by atoms with van der Waals surface area (Å²) < 4.78 is 5.27. The Balaban J connectivity index is 1.94. The number of carbonyl (C=O) groups is 1. The highest BCUT2D eigenvalue weighted by Gasteiger charge is 2.16. The predicted octanol–water partition coefficient (Wildman–Crippen LogP) is 4.35. The number of ketones is 1. The summed E-state index contributed by atoms with van der Waals surface area (Å²) in [6, 6.07) is 11.7. The van der Waals surface area contributed by atoms with Crippen LogP contribution in [0.1, 0.15) is 35.5 Å². The van der Waals surface area contributed by atoms with Crippen LogP contribution in [-0.2, 0) is 12.2 Å². The van der Waals surface area contributed by atoms with Gasteiger partial charge in [0.2, 0.25) is 0 Å². The molecule has 1 heterocycles. The summed E-state index contributed by atoms with van der Waals surface area (Å²) in [7, 11) is 0. The summed E-state index contributed by atoms with van der Waals surface area (Å²) >= 11 is 1.60. The second kappa shape index (κ2) is 6.62. The SMILES string of the molecule is CCc1ccc(C(=O)C(C)SCc2ccco2)cc1. The molecule has 0 fully saturated rings. The smallest absolute Gasteiger partial charge is 0.175 e. The second-order valence-corrected chi connectivity index (χ2v) is 5.78. The van der Waals surface area contributed by atoms with Gasteiger partial charge in [-0.15, -0.1) is 11.8 Å². The van der Waals surface area contributed by atoms with Crippen molar-refractivity contribution in [3.63, 3.8) is 0 Å². The highest BCUT2D eigenvalue weighted by Crippen LogP contribution is 2.21. The molecule has 2 nitrogen and oxygen atoms in total. The summed E-state index contributed by atoms with van der Waals surface area (Å²) in [4.78, 5) is 12.3. The van der Waals surface area contributed by atoms with E-state index in [9.17, 15) is 4.79 Å². The monoisotopic (exact) mass is 274 g/mol. The molecule has 2 aromatic rings. The van der Waals surface area contributed by atoms with Crippen LogP contribution in [0.4, 0.5) is 0 Å². The lowest BCUT2D eigenvalue weighted by Crippen LogP contribution is -2.13. The molecule has 0 radical (unpaired) electrons. The fourth-order valence-corrected chi connectivity index (χ4v) is 2.68. The number of thioether (sulfide) groups is 1. The van der Waals surface area contributed by atoms with Crippen LogP contribution in [0.2, 0.25) is 0 Å². The van der Waals surface area contributed by atoms with E-state index >= 15 is 0 Å². The van der Waals surface area contributed by atoms with Crippen molar-refractivity contribution < 1.29 is 9.21 Å². The van der Waals surface area contributed by atoms with Gasteiger partial charge >= 0.3 is 0 Å². The van der Waals surface area contributed by atoms with Crippen molar-refractivity contribution in [2.24, 2.45) is 0 Å². The second-order valence-electron chi connectivity index (χ2n) is 4.45. The van der Waals surface area contributed by atoms with Crippen molar-refractivity contribution in [3.8, 4) is 0 Å². The first-order valence-electron chi connectivity index (χ1n) is 6.48. The molecule has 1 atom stereocenters. The van der Waals surface area contributed by atoms with Gasteiger partial charge in [0.1, 0.15) is 5.76 Å². The standard InChI is InChI=1S/C16H18O2S/c1-3-13-6-8-14(9-7-13)16(17)12(2)19-11-15-5-4-10-18-15/h4-10,12H,3,11H2,1-2H3. The van der Waals surface area contributed by atoms with Crippen LogP contribution < -0.4 is 0 Å². The molecule has 0 amide bonds. The van der Waals surface area contributed by atoms with Crippen molar-refractivity contribution >= 4 is 17.5 Å². The van der Waals surface area contributed by atoms with Crippen molar-refractivity contribution in [3.05, 3.63) is 59.5 Å². The number of carbonyl (C=O) groups excluding carboxylic acids is 1. The fourth-order valence-electron chi connectivity index (χ4n) is 1.82. The van der Waals surface area contributed by atoms with E-state index in [-0.39, 0.29) is 11.0 Å². The first-order valence-corrected chi connectivity index (χ1v) is 7.52. The van der Waals surface area contributed by atoms with Crippen LogP contribution in [-0.4, -0.2) is 11.0 Å². The van der Waals surface area contributed by atoms with E-state index in [4.69, 9.17) is 4.42 Å². The van der Waals surface area contributed by atoms with Crippen LogP contribution >= 0.6 is 11.8 Å². The molecule has 3 heteroatoms. The average molecular weight is 274 g/mol.